The fourth-order valence-corrected chi connectivity index (χ4v) is 1.39. The van der Waals surface area contributed by atoms with Gasteiger partial charge in [-0.3, -0.25) is 0 Å². The van der Waals surface area contributed by atoms with E-state index in [9.17, 15) is 5.11 Å². The molecule has 0 bridgehead atoms. The summed E-state index contributed by atoms with van der Waals surface area (Å²) in [5.74, 6) is 0. The van der Waals surface area contributed by atoms with Gasteiger partial charge in [0.05, 0.1) is 5.60 Å². The molecule has 0 heterocycles. The van der Waals surface area contributed by atoms with Crippen LogP contribution in [0.15, 0.2) is 0 Å². The minimum Gasteiger partial charge on any atom is -0.388 e. The van der Waals surface area contributed by atoms with Crippen molar-refractivity contribution in [1.82, 2.24) is 0 Å². The zero-order chi connectivity index (χ0) is 6.91. The number of hydrogen-bond acceptors (Lipinski definition) is 2. The third-order valence-electron chi connectivity index (χ3n) is 2.26. The molecule has 1 aliphatic rings. The normalized spacial score (nSPS) is 42.3. The Bertz CT molecular complexity index is 105. The molecule has 0 aromatic carbocycles. The molecule has 2 atom stereocenters. The molecule has 0 spiro atoms. The number of aliphatic hydroxyl groups is 1. The van der Waals surface area contributed by atoms with Crippen LogP contribution in [0.25, 0.3) is 0 Å². The number of rotatable bonds is 2. The van der Waals surface area contributed by atoms with Crippen LogP contribution in [-0.4, -0.2) is 16.7 Å². The molecule has 0 aromatic heterocycles. The topological polar surface area (TPSA) is 46.2 Å². The molecule has 0 aromatic rings. The lowest BCUT2D eigenvalue weighted by molar-refractivity contribution is -0.0611. The van der Waals surface area contributed by atoms with Crippen LogP contribution in [0.3, 0.4) is 0 Å². The van der Waals surface area contributed by atoms with Crippen LogP contribution < -0.4 is 5.73 Å². The molecule has 1 saturated carbocycles. The molecule has 2 nitrogen and oxygen atoms in total. The Balaban J connectivity index is 2.34. The van der Waals surface area contributed by atoms with Gasteiger partial charge in [-0.2, -0.15) is 0 Å². The van der Waals surface area contributed by atoms with Crippen LogP contribution in [0.1, 0.15) is 32.6 Å². The fraction of sp³-hybridized carbons (Fsp3) is 1.00. The zero-order valence-electron chi connectivity index (χ0n) is 5.93. The van der Waals surface area contributed by atoms with Crippen LogP contribution in [0.5, 0.6) is 0 Å². The van der Waals surface area contributed by atoms with Crippen molar-refractivity contribution in [2.24, 2.45) is 5.73 Å². The smallest absolute Gasteiger partial charge is 0.0798 e. The standard InChI is InChI=1S/C7H15NO/c1-2-4-7(9)5-3-6(7)8/h6,9H,2-5,8H2,1H3/t6-,7+/m0/s1. The van der Waals surface area contributed by atoms with Gasteiger partial charge >= 0.3 is 0 Å². The van der Waals surface area contributed by atoms with E-state index >= 15 is 0 Å². The van der Waals surface area contributed by atoms with E-state index in [4.69, 9.17) is 5.73 Å². The summed E-state index contributed by atoms with van der Waals surface area (Å²) in [6.07, 6.45) is 3.80. The second-order valence-corrected chi connectivity index (χ2v) is 3.00. The first kappa shape index (κ1) is 7.03. The monoisotopic (exact) mass is 129 g/mol. The summed E-state index contributed by atoms with van der Waals surface area (Å²) in [6.45, 7) is 2.07. The molecule has 3 N–H and O–H groups in total. The Morgan fingerprint density at radius 2 is 2.44 bits per heavy atom. The second kappa shape index (κ2) is 2.27. The SMILES string of the molecule is CCC[C@@]1(O)CC[C@@H]1N. The van der Waals surface area contributed by atoms with Crippen LogP contribution in [0, 0.1) is 0 Å². The van der Waals surface area contributed by atoms with Crippen molar-refractivity contribution in [3.8, 4) is 0 Å². The van der Waals surface area contributed by atoms with E-state index in [1.54, 1.807) is 0 Å². The Morgan fingerprint density at radius 1 is 1.78 bits per heavy atom. The maximum absolute atomic E-state index is 9.55. The first-order valence-electron chi connectivity index (χ1n) is 3.67. The Labute approximate surface area is 56.1 Å². The van der Waals surface area contributed by atoms with E-state index in [-0.39, 0.29) is 6.04 Å². The molecule has 0 aliphatic heterocycles. The highest BCUT2D eigenvalue weighted by atomic mass is 16.3. The van der Waals surface area contributed by atoms with Crippen molar-refractivity contribution in [3.63, 3.8) is 0 Å². The summed E-state index contributed by atoms with van der Waals surface area (Å²) < 4.78 is 0. The van der Waals surface area contributed by atoms with Gasteiger partial charge in [-0.1, -0.05) is 13.3 Å². The van der Waals surface area contributed by atoms with E-state index in [1.165, 1.54) is 0 Å². The van der Waals surface area contributed by atoms with Crippen molar-refractivity contribution in [2.75, 3.05) is 0 Å². The maximum atomic E-state index is 9.55. The van der Waals surface area contributed by atoms with Crippen molar-refractivity contribution in [1.29, 1.82) is 0 Å². The van der Waals surface area contributed by atoms with Gasteiger partial charge in [0.2, 0.25) is 0 Å². The highest BCUT2D eigenvalue weighted by Gasteiger charge is 2.41. The minimum absolute atomic E-state index is 0.0532. The largest absolute Gasteiger partial charge is 0.388 e. The van der Waals surface area contributed by atoms with Crippen molar-refractivity contribution >= 4 is 0 Å². The molecule has 1 fully saturated rings. The quantitative estimate of drug-likeness (QED) is 0.574. The Morgan fingerprint density at radius 3 is 2.56 bits per heavy atom. The van der Waals surface area contributed by atoms with Crippen molar-refractivity contribution < 1.29 is 5.11 Å². The van der Waals surface area contributed by atoms with E-state index in [1.807, 2.05) is 0 Å². The van der Waals surface area contributed by atoms with Gasteiger partial charge in [-0.15, -0.1) is 0 Å². The Kier molecular flexibility index (Phi) is 1.78. The molecule has 54 valence electrons. The molecule has 0 saturated heterocycles. The first-order valence-corrected chi connectivity index (χ1v) is 3.67. The number of nitrogens with two attached hydrogens (primary N) is 1. The predicted octanol–water partition coefficient (Wildman–Crippen LogP) is 0.639. The van der Waals surface area contributed by atoms with Crippen molar-refractivity contribution in [3.05, 3.63) is 0 Å². The van der Waals surface area contributed by atoms with Gasteiger partial charge in [-0.05, 0) is 19.3 Å². The molecule has 1 rings (SSSR count). The molecule has 9 heavy (non-hydrogen) atoms. The summed E-state index contributed by atoms with van der Waals surface area (Å²) in [5, 5.41) is 9.55. The summed E-state index contributed by atoms with van der Waals surface area (Å²) >= 11 is 0. The van der Waals surface area contributed by atoms with Gasteiger partial charge in [-0.25, -0.2) is 0 Å². The van der Waals surface area contributed by atoms with Gasteiger partial charge in [0, 0.05) is 6.04 Å². The lowest BCUT2D eigenvalue weighted by atomic mass is 9.73. The van der Waals surface area contributed by atoms with E-state index in [0.29, 0.717) is 0 Å². The summed E-state index contributed by atoms with van der Waals surface area (Å²) in [5.41, 5.74) is 5.10. The molecule has 1 aliphatic carbocycles. The third-order valence-corrected chi connectivity index (χ3v) is 2.26. The molecule has 0 radical (unpaired) electrons. The van der Waals surface area contributed by atoms with Crippen LogP contribution in [0.4, 0.5) is 0 Å². The highest BCUT2D eigenvalue weighted by molar-refractivity contribution is 4.98. The fourth-order valence-electron chi connectivity index (χ4n) is 1.39. The average Bonchev–Trinajstić information content (AvgIpc) is 1.86. The lowest BCUT2D eigenvalue weighted by Gasteiger charge is -2.43. The van der Waals surface area contributed by atoms with Crippen molar-refractivity contribution in [2.45, 2.75) is 44.2 Å². The lowest BCUT2D eigenvalue weighted by Crippen LogP contribution is -2.56. The van der Waals surface area contributed by atoms with Gasteiger partial charge in [0.15, 0.2) is 0 Å². The molecular weight excluding hydrogens is 114 g/mol. The summed E-state index contributed by atoms with van der Waals surface area (Å²) in [4.78, 5) is 0. The van der Waals surface area contributed by atoms with Crippen LogP contribution >= 0.6 is 0 Å². The molecular formula is C7H15NO. The summed E-state index contributed by atoms with van der Waals surface area (Å²) in [6, 6.07) is 0.0532. The van der Waals surface area contributed by atoms with E-state index < -0.39 is 5.60 Å². The first-order chi connectivity index (χ1) is 4.19. The third kappa shape index (κ3) is 1.10. The van der Waals surface area contributed by atoms with E-state index in [2.05, 4.69) is 6.92 Å². The number of hydrogen-bond donors (Lipinski definition) is 2. The average molecular weight is 129 g/mol. The minimum atomic E-state index is -0.491. The summed E-state index contributed by atoms with van der Waals surface area (Å²) in [7, 11) is 0. The van der Waals surface area contributed by atoms with Crippen LogP contribution in [-0.2, 0) is 0 Å². The Hall–Kier alpha value is -0.0800. The van der Waals surface area contributed by atoms with Crippen LogP contribution in [0.2, 0.25) is 0 Å². The van der Waals surface area contributed by atoms with Gasteiger partial charge < -0.3 is 10.8 Å². The zero-order valence-corrected chi connectivity index (χ0v) is 5.93. The van der Waals surface area contributed by atoms with Gasteiger partial charge in [0.1, 0.15) is 0 Å². The highest BCUT2D eigenvalue weighted by Crippen LogP contribution is 2.34. The van der Waals surface area contributed by atoms with E-state index in [0.717, 1.165) is 25.7 Å². The molecule has 2 heteroatoms. The predicted molar refractivity (Wildman–Crippen MR) is 37.1 cm³/mol. The molecule has 0 unspecified atom stereocenters. The van der Waals surface area contributed by atoms with Gasteiger partial charge in [0.25, 0.3) is 0 Å². The molecule has 0 amide bonds. The maximum Gasteiger partial charge on any atom is 0.0798 e. The second-order valence-electron chi connectivity index (χ2n) is 3.00.